The molecule has 0 spiro atoms. The van der Waals surface area contributed by atoms with Crippen LogP contribution in [0.1, 0.15) is 30.4 Å². The lowest BCUT2D eigenvalue weighted by Gasteiger charge is -2.29. The molecule has 4 aromatic rings. The molecule has 2 aromatic heterocycles. The second kappa shape index (κ2) is 10.3. The van der Waals surface area contributed by atoms with E-state index in [1.54, 1.807) is 20.4 Å². The average Bonchev–Trinajstić information content (AvgIpc) is 3.53. The monoisotopic (exact) mass is 513 g/mol. The molecule has 1 aliphatic rings. The van der Waals surface area contributed by atoms with E-state index in [9.17, 15) is 4.79 Å². The van der Waals surface area contributed by atoms with E-state index in [1.807, 2.05) is 72.9 Å². The molecule has 2 atom stereocenters. The number of anilines is 2. The molecule has 1 amide bonds. The third-order valence-corrected chi connectivity index (χ3v) is 6.61. The predicted molar refractivity (Wildman–Crippen MR) is 148 cm³/mol. The number of benzene rings is 2. The summed E-state index contributed by atoms with van der Waals surface area (Å²) in [4.78, 5) is 18.6. The molecule has 2 N–H and O–H groups in total. The second-order valence-corrected chi connectivity index (χ2v) is 8.92. The van der Waals surface area contributed by atoms with Crippen LogP contribution in [0.15, 0.2) is 85.2 Å². The number of hydrogen-bond acceptors (Lipinski definition) is 5. The molecule has 2 unspecified atom stereocenters. The summed E-state index contributed by atoms with van der Waals surface area (Å²) in [6.07, 6.45) is 3.79. The van der Waals surface area contributed by atoms with Gasteiger partial charge in [-0.3, -0.25) is 9.78 Å². The summed E-state index contributed by atoms with van der Waals surface area (Å²) in [5.74, 6) is 1.13. The van der Waals surface area contributed by atoms with Gasteiger partial charge in [0.05, 0.1) is 37.3 Å². The predicted octanol–water partition coefficient (Wildman–Crippen LogP) is 5.03. The van der Waals surface area contributed by atoms with Gasteiger partial charge in [0, 0.05) is 30.7 Å². The van der Waals surface area contributed by atoms with E-state index in [2.05, 4.69) is 31.2 Å². The van der Waals surface area contributed by atoms with Crippen molar-refractivity contribution in [2.24, 2.45) is 0 Å². The molecule has 1 saturated heterocycles. The first-order valence-corrected chi connectivity index (χ1v) is 12.2. The normalized spacial score (nSPS) is 16.8. The molecule has 37 heavy (non-hydrogen) atoms. The van der Waals surface area contributed by atoms with Crippen LogP contribution in [0.4, 0.5) is 11.4 Å². The van der Waals surface area contributed by atoms with Gasteiger partial charge in [-0.05, 0) is 66.8 Å². The summed E-state index contributed by atoms with van der Waals surface area (Å²) < 4.78 is 13.3. The first-order valence-electron chi connectivity index (χ1n) is 11.8. The Morgan fingerprint density at radius 3 is 2.51 bits per heavy atom. The fourth-order valence-electron chi connectivity index (χ4n) is 4.75. The van der Waals surface area contributed by atoms with Crippen molar-refractivity contribution in [3.63, 3.8) is 0 Å². The molecule has 2 aromatic carbocycles. The quantitative estimate of drug-likeness (QED) is 0.336. The molecule has 3 heterocycles. The Bertz CT molecular complexity index is 1440. The third-order valence-electron chi connectivity index (χ3n) is 6.30. The SMILES string of the molecule is COc1ccc(N2C(=S)NC(c3ccccn3)C2c2cccn2-c2ccccc2OC)cc1NC(C)=O. The zero-order valence-corrected chi connectivity index (χ0v) is 21.5. The van der Waals surface area contributed by atoms with Gasteiger partial charge in [-0.1, -0.05) is 18.2 Å². The molecule has 1 aliphatic heterocycles. The molecule has 188 valence electrons. The first-order chi connectivity index (χ1) is 18.0. The van der Waals surface area contributed by atoms with Crippen LogP contribution in [-0.2, 0) is 4.79 Å². The van der Waals surface area contributed by atoms with E-state index in [-0.39, 0.29) is 18.0 Å². The lowest BCUT2D eigenvalue weighted by Crippen LogP contribution is -2.30. The van der Waals surface area contributed by atoms with Gasteiger partial charge in [0.15, 0.2) is 5.11 Å². The van der Waals surface area contributed by atoms with Crippen LogP contribution in [0.3, 0.4) is 0 Å². The minimum absolute atomic E-state index is 0.189. The van der Waals surface area contributed by atoms with Crippen molar-refractivity contribution >= 4 is 34.6 Å². The van der Waals surface area contributed by atoms with E-state index in [4.69, 9.17) is 21.7 Å². The van der Waals surface area contributed by atoms with Crippen molar-refractivity contribution < 1.29 is 14.3 Å². The van der Waals surface area contributed by atoms with Crippen molar-refractivity contribution in [2.45, 2.75) is 19.0 Å². The van der Waals surface area contributed by atoms with Gasteiger partial charge >= 0.3 is 0 Å². The Labute approximate surface area is 220 Å². The lowest BCUT2D eigenvalue weighted by atomic mass is 10.0. The van der Waals surface area contributed by atoms with Crippen LogP contribution in [0.5, 0.6) is 11.5 Å². The highest BCUT2D eigenvalue weighted by Crippen LogP contribution is 2.44. The van der Waals surface area contributed by atoms with Gasteiger partial charge < -0.3 is 29.6 Å². The van der Waals surface area contributed by atoms with Crippen molar-refractivity contribution in [2.75, 3.05) is 24.4 Å². The van der Waals surface area contributed by atoms with Crippen LogP contribution in [0.2, 0.25) is 0 Å². The number of amides is 1. The highest BCUT2D eigenvalue weighted by atomic mass is 32.1. The molecule has 5 rings (SSSR count). The number of ether oxygens (including phenoxy) is 2. The van der Waals surface area contributed by atoms with Crippen molar-refractivity contribution in [1.29, 1.82) is 0 Å². The third kappa shape index (κ3) is 4.61. The minimum Gasteiger partial charge on any atom is -0.495 e. The summed E-state index contributed by atoms with van der Waals surface area (Å²) in [5.41, 5.74) is 4.13. The van der Waals surface area contributed by atoms with Crippen molar-refractivity contribution in [1.82, 2.24) is 14.9 Å². The molecule has 0 aliphatic carbocycles. The Hall–Kier alpha value is -4.37. The molecular formula is C28H27N5O3S. The van der Waals surface area contributed by atoms with E-state index in [0.717, 1.165) is 28.5 Å². The maximum absolute atomic E-state index is 11.9. The standard InChI is InChI=1S/C28H27N5O3S/c1-18(34)30-21-17-19(13-14-24(21)35-2)33-27(26(31-28(33)37)20-9-6-7-15-29-20)23-11-8-16-32(23)22-10-4-5-12-25(22)36-3/h4-17,26-27H,1-3H3,(H,30,34)(H,31,37). The molecule has 0 saturated carbocycles. The number of nitrogens with one attached hydrogen (secondary N) is 2. The molecule has 0 radical (unpaired) electrons. The number of thiocarbonyl (C=S) groups is 1. The fourth-order valence-corrected chi connectivity index (χ4v) is 5.10. The lowest BCUT2D eigenvalue weighted by molar-refractivity contribution is -0.114. The number of carbonyl (C=O) groups is 1. The highest BCUT2D eigenvalue weighted by molar-refractivity contribution is 7.80. The van der Waals surface area contributed by atoms with Gasteiger partial charge in [0.1, 0.15) is 17.5 Å². The molecule has 9 heteroatoms. The summed E-state index contributed by atoms with van der Waals surface area (Å²) in [6.45, 7) is 1.47. The van der Waals surface area contributed by atoms with Crippen LogP contribution in [-0.4, -0.2) is 34.8 Å². The Balaban J connectivity index is 1.68. The maximum Gasteiger partial charge on any atom is 0.221 e. The fraction of sp³-hybridized carbons (Fsp3) is 0.179. The van der Waals surface area contributed by atoms with Gasteiger partial charge in [-0.2, -0.15) is 0 Å². The van der Waals surface area contributed by atoms with Gasteiger partial charge in [0.2, 0.25) is 5.91 Å². The minimum atomic E-state index is -0.263. The Kier molecular flexibility index (Phi) is 6.78. The number of nitrogens with zero attached hydrogens (tertiary/aromatic N) is 3. The van der Waals surface area contributed by atoms with Gasteiger partial charge in [-0.25, -0.2) is 0 Å². The van der Waals surface area contributed by atoms with Gasteiger partial charge in [-0.15, -0.1) is 0 Å². The number of pyridine rings is 1. The summed E-state index contributed by atoms with van der Waals surface area (Å²) in [7, 11) is 3.24. The van der Waals surface area contributed by atoms with Crippen molar-refractivity contribution in [3.05, 3.63) is 96.6 Å². The summed E-state index contributed by atoms with van der Waals surface area (Å²) in [5, 5.41) is 6.89. The topological polar surface area (TPSA) is 80.7 Å². The number of methoxy groups -OCH3 is 2. The number of rotatable bonds is 7. The number of para-hydroxylation sites is 2. The largest absolute Gasteiger partial charge is 0.495 e. The first kappa shape index (κ1) is 24.3. The number of hydrogen-bond donors (Lipinski definition) is 2. The van der Waals surface area contributed by atoms with Crippen LogP contribution >= 0.6 is 12.2 Å². The molecule has 8 nitrogen and oxygen atoms in total. The maximum atomic E-state index is 11.9. The summed E-state index contributed by atoms with van der Waals surface area (Å²) in [6, 6.07) is 23.0. The summed E-state index contributed by atoms with van der Waals surface area (Å²) >= 11 is 5.89. The number of carbonyl (C=O) groups excluding carboxylic acids is 1. The Morgan fingerprint density at radius 1 is 1.00 bits per heavy atom. The smallest absolute Gasteiger partial charge is 0.221 e. The van der Waals surface area contributed by atoms with Crippen LogP contribution in [0, 0.1) is 0 Å². The van der Waals surface area contributed by atoms with Crippen LogP contribution < -0.4 is 25.0 Å². The Morgan fingerprint density at radius 2 is 1.78 bits per heavy atom. The van der Waals surface area contributed by atoms with E-state index >= 15 is 0 Å². The highest BCUT2D eigenvalue weighted by Gasteiger charge is 2.42. The molecule has 0 bridgehead atoms. The van der Waals surface area contributed by atoms with E-state index < -0.39 is 0 Å². The molecular weight excluding hydrogens is 486 g/mol. The van der Waals surface area contributed by atoms with E-state index in [1.165, 1.54) is 6.92 Å². The van der Waals surface area contributed by atoms with Crippen LogP contribution in [0.25, 0.3) is 5.69 Å². The molecule has 1 fully saturated rings. The van der Waals surface area contributed by atoms with Gasteiger partial charge in [0.25, 0.3) is 0 Å². The second-order valence-electron chi connectivity index (χ2n) is 8.54. The zero-order valence-electron chi connectivity index (χ0n) is 20.7. The van der Waals surface area contributed by atoms with Crippen molar-refractivity contribution in [3.8, 4) is 17.2 Å². The van der Waals surface area contributed by atoms with E-state index in [0.29, 0.717) is 16.5 Å². The zero-order chi connectivity index (χ0) is 25.9. The number of aromatic nitrogens is 2. The average molecular weight is 514 g/mol.